The zero-order chi connectivity index (χ0) is 33.4. The van der Waals surface area contributed by atoms with Crippen LogP contribution in [0, 0.1) is 40.4 Å². The third-order valence-corrected chi connectivity index (χ3v) is 11.0. The molecule has 0 aromatic carbocycles. The number of carbonyl (C=O) groups is 6. The lowest BCUT2D eigenvalue weighted by Crippen LogP contribution is -2.45. The highest BCUT2D eigenvalue weighted by Gasteiger charge is 2.50. The van der Waals surface area contributed by atoms with Crippen LogP contribution in [0.5, 0.6) is 0 Å². The van der Waals surface area contributed by atoms with Crippen molar-refractivity contribution in [3.63, 3.8) is 0 Å². The van der Waals surface area contributed by atoms with E-state index in [1.807, 2.05) is 0 Å². The molecule has 5 fully saturated rings. The molecule has 5 amide bonds. The maximum atomic E-state index is 13.0. The largest absolute Gasteiger partial charge is 0.461 e. The Hall–Kier alpha value is -2.98. The molecule has 3 saturated carbocycles. The minimum Gasteiger partial charge on any atom is -0.461 e. The van der Waals surface area contributed by atoms with E-state index < -0.39 is 18.3 Å². The second-order valence-corrected chi connectivity index (χ2v) is 16.1. The highest BCUT2D eigenvalue weighted by molar-refractivity contribution is 6.05. The molecule has 0 radical (unpaired) electrons. The minimum atomic E-state index is -0.636. The predicted molar refractivity (Wildman–Crippen MR) is 168 cm³/mol. The van der Waals surface area contributed by atoms with Crippen molar-refractivity contribution in [1.29, 1.82) is 0 Å². The highest BCUT2D eigenvalue weighted by Crippen LogP contribution is 2.49. The molecule has 2 saturated heterocycles. The van der Waals surface area contributed by atoms with Crippen LogP contribution in [-0.4, -0.2) is 77.3 Å². The number of ether oxygens (including phenoxy) is 2. The number of hydrogen-bond acceptors (Lipinski definition) is 8. The van der Waals surface area contributed by atoms with Crippen molar-refractivity contribution in [3.8, 4) is 0 Å². The van der Waals surface area contributed by atoms with Gasteiger partial charge >= 0.3 is 12.1 Å². The molecule has 256 valence electrons. The summed E-state index contributed by atoms with van der Waals surface area (Å²) in [6.07, 6.45) is 7.65. The van der Waals surface area contributed by atoms with Crippen molar-refractivity contribution in [1.82, 2.24) is 15.1 Å². The van der Waals surface area contributed by atoms with E-state index in [0.29, 0.717) is 13.0 Å². The predicted octanol–water partition coefficient (Wildman–Crippen LogP) is 4.61. The fraction of sp³-hybridized carbons (Fsp3) is 0.829. The van der Waals surface area contributed by atoms with E-state index in [-0.39, 0.29) is 89.5 Å². The van der Waals surface area contributed by atoms with Gasteiger partial charge in [0.2, 0.25) is 23.6 Å². The Labute approximate surface area is 272 Å². The first-order chi connectivity index (χ1) is 21.7. The first kappa shape index (κ1) is 34.4. The van der Waals surface area contributed by atoms with Crippen molar-refractivity contribution < 1.29 is 38.2 Å². The Morgan fingerprint density at radius 3 is 1.63 bits per heavy atom. The monoisotopic (exact) mass is 643 g/mol. The first-order valence-corrected chi connectivity index (χ1v) is 17.5. The van der Waals surface area contributed by atoms with Crippen LogP contribution in [0.15, 0.2) is 0 Å². The number of imide groups is 2. The molecule has 0 aromatic heterocycles. The molecule has 8 unspecified atom stereocenters. The number of nitrogens with zero attached hydrogens (tertiary/aromatic N) is 2. The summed E-state index contributed by atoms with van der Waals surface area (Å²) < 4.78 is 11.3. The third kappa shape index (κ3) is 7.59. The van der Waals surface area contributed by atoms with Crippen LogP contribution in [0.3, 0.4) is 0 Å². The van der Waals surface area contributed by atoms with Gasteiger partial charge in [-0.2, -0.15) is 0 Å². The molecule has 46 heavy (non-hydrogen) atoms. The minimum absolute atomic E-state index is 0.0406. The average molecular weight is 644 g/mol. The standard InChI is InChI=1S/C35H53N3O8/c1-21(17-37-29(40)24-10-6-7-11-25(24)30(37)41)45-28(39)14-23-15-34(3,4)19-35(5,16-23)20-36-33(44)46-22(2)18-38-31(42)26-12-8-9-13-27(26)32(38)43/h21-27H,6-20H2,1-5H3,(H,36,44). The zero-order valence-electron chi connectivity index (χ0n) is 28.3. The quantitative estimate of drug-likeness (QED) is 0.269. The fourth-order valence-electron chi connectivity index (χ4n) is 9.56. The smallest absolute Gasteiger partial charge is 0.407 e. The van der Waals surface area contributed by atoms with Crippen molar-refractivity contribution in [2.24, 2.45) is 40.4 Å². The van der Waals surface area contributed by atoms with Crippen LogP contribution in [0.2, 0.25) is 0 Å². The Kier molecular flexibility index (Phi) is 10.2. The van der Waals surface area contributed by atoms with Crippen LogP contribution < -0.4 is 5.32 Å². The van der Waals surface area contributed by atoms with Crippen molar-refractivity contribution in [3.05, 3.63) is 0 Å². The maximum Gasteiger partial charge on any atom is 0.407 e. The van der Waals surface area contributed by atoms with Gasteiger partial charge in [0.25, 0.3) is 0 Å². The number of nitrogens with one attached hydrogen (secondary N) is 1. The summed E-state index contributed by atoms with van der Waals surface area (Å²) in [5.41, 5.74) is -0.359. The Bertz CT molecular complexity index is 1190. The van der Waals surface area contributed by atoms with E-state index in [9.17, 15) is 28.8 Å². The van der Waals surface area contributed by atoms with E-state index >= 15 is 0 Å². The summed E-state index contributed by atoms with van der Waals surface area (Å²) in [5, 5.41) is 2.90. The molecular weight excluding hydrogens is 590 g/mol. The van der Waals surface area contributed by atoms with Gasteiger partial charge in [-0.3, -0.25) is 33.8 Å². The molecule has 3 aliphatic carbocycles. The van der Waals surface area contributed by atoms with Gasteiger partial charge in [-0.25, -0.2) is 4.79 Å². The molecule has 1 N–H and O–H groups in total. The molecule has 11 nitrogen and oxygen atoms in total. The van der Waals surface area contributed by atoms with E-state index in [0.717, 1.165) is 64.2 Å². The van der Waals surface area contributed by atoms with E-state index in [4.69, 9.17) is 9.47 Å². The number of amides is 5. The molecular formula is C35H53N3O8. The van der Waals surface area contributed by atoms with Crippen LogP contribution in [0.25, 0.3) is 0 Å². The van der Waals surface area contributed by atoms with Crippen molar-refractivity contribution >= 4 is 35.7 Å². The van der Waals surface area contributed by atoms with Gasteiger partial charge in [0.15, 0.2) is 0 Å². The number of rotatable bonds is 10. The van der Waals surface area contributed by atoms with Crippen LogP contribution >= 0.6 is 0 Å². The summed E-state index contributed by atoms with van der Waals surface area (Å²) in [6, 6.07) is 0. The van der Waals surface area contributed by atoms with Gasteiger partial charge in [0.05, 0.1) is 36.8 Å². The van der Waals surface area contributed by atoms with E-state index in [1.54, 1.807) is 13.8 Å². The van der Waals surface area contributed by atoms with Crippen molar-refractivity contribution in [2.45, 2.75) is 124 Å². The lowest BCUT2D eigenvalue weighted by Gasteiger charge is -2.46. The summed E-state index contributed by atoms with van der Waals surface area (Å²) in [5.74, 6) is -1.74. The second-order valence-electron chi connectivity index (χ2n) is 16.1. The Morgan fingerprint density at radius 1 is 0.739 bits per heavy atom. The van der Waals surface area contributed by atoms with Crippen LogP contribution in [-0.2, 0) is 33.4 Å². The van der Waals surface area contributed by atoms with Crippen molar-refractivity contribution in [2.75, 3.05) is 19.6 Å². The molecule has 0 bridgehead atoms. The normalized spacial score (nSPS) is 33.7. The molecule has 2 aliphatic heterocycles. The summed E-state index contributed by atoms with van der Waals surface area (Å²) in [6.45, 7) is 10.4. The number of likely N-dealkylation sites (tertiary alicyclic amines) is 2. The molecule has 5 rings (SSSR count). The molecule has 11 heteroatoms. The summed E-state index contributed by atoms with van der Waals surface area (Å²) >= 11 is 0. The second kappa shape index (κ2) is 13.6. The van der Waals surface area contributed by atoms with Gasteiger partial charge in [-0.15, -0.1) is 0 Å². The maximum absolute atomic E-state index is 13.0. The van der Waals surface area contributed by atoms with E-state index in [2.05, 4.69) is 26.1 Å². The molecule has 0 aromatic rings. The lowest BCUT2D eigenvalue weighted by molar-refractivity contribution is -0.155. The Morgan fingerprint density at radius 2 is 1.17 bits per heavy atom. The third-order valence-electron chi connectivity index (χ3n) is 11.0. The topological polar surface area (TPSA) is 139 Å². The SMILES string of the molecule is CC(CN1C(=O)C2CCCCC2C1=O)OC(=O)CC1CC(C)(C)CC(C)(CNC(=O)OC(C)CN2C(=O)C3CCCCC3C2=O)C1. The molecule has 8 atom stereocenters. The number of esters is 1. The summed E-state index contributed by atoms with van der Waals surface area (Å²) in [4.78, 5) is 79.7. The Balaban J connectivity index is 1.08. The fourth-order valence-corrected chi connectivity index (χ4v) is 9.56. The van der Waals surface area contributed by atoms with Gasteiger partial charge in [0, 0.05) is 13.0 Å². The number of carbonyl (C=O) groups excluding carboxylic acids is 6. The van der Waals surface area contributed by atoms with E-state index in [1.165, 1.54) is 9.80 Å². The van der Waals surface area contributed by atoms with Gasteiger partial charge in [-0.1, -0.05) is 46.5 Å². The average Bonchev–Trinajstić information content (AvgIpc) is 3.35. The number of alkyl carbamates (subject to hydrolysis) is 1. The number of fused-ring (bicyclic) bond motifs is 2. The molecule has 0 spiro atoms. The zero-order valence-corrected chi connectivity index (χ0v) is 28.3. The lowest BCUT2D eigenvalue weighted by atomic mass is 9.60. The summed E-state index contributed by atoms with van der Waals surface area (Å²) in [7, 11) is 0. The van der Waals surface area contributed by atoms with Gasteiger partial charge in [0.1, 0.15) is 12.2 Å². The first-order valence-electron chi connectivity index (χ1n) is 17.5. The van der Waals surface area contributed by atoms with Gasteiger partial charge < -0.3 is 14.8 Å². The van der Waals surface area contributed by atoms with Gasteiger partial charge in [-0.05, 0) is 75.5 Å². The number of hydrogen-bond donors (Lipinski definition) is 1. The highest BCUT2D eigenvalue weighted by atomic mass is 16.6. The van der Waals surface area contributed by atoms with Crippen LogP contribution in [0.1, 0.15) is 112 Å². The molecule has 2 heterocycles. The molecule has 5 aliphatic rings. The van der Waals surface area contributed by atoms with Crippen LogP contribution in [0.4, 0.5) is 4.79 Å².